The molecule has 0 radical (unpaired) electrons. The molecule has 17 heavy (non-hydrogen) atoms. The van der Waals surface area contributed by atoms with E-state index < -0.39 is 0 Å². The monoisotopic (exact) mass is 293 g/mol. The molecule has 0 aromatic carbocycles. The van der Waals surface area contributed by atoms with Crippen LogP contribution >= 0.6 is 15.9 Å². The average molecular weight is 294 g/mol. The third-order valence-electron chi connectivity index (χ3n) is 4.46. The zero-order valence-corrected chi connectivity index (χ0v) is 11.8. The van der Waals surface area contributed by atoms with Crippen LogP contribution in [0.25, 0.3) is 0 Å². The van der Waals surface area contributed by atoms with E-state index in [0.717, 1.165) is 16.7 Å². The Morgan fingerprint density at radius 2 is 2.12 bits per heavy atom. The number of hydrogen-bond acceptors (Lipinski definition) is 1. The van der Waals surface area contributed by atoms with Gasteiger partial charge in [0.25, 0.3) is 0 Å². The second kappa shape index (κ2) is 5.09. The Kier molecular flexibility index (Phi) is 3.51. The molecule has 2 aliphatic carbocycles. The Hall–Kier alpha value is -0.370. The SMILES string of the molecule is BrC1CCCC(C2CCCc3cccnc32)C1. The Balaban J connectivity index is 1.84. The number of alkyl halides is 1. The van der Waals surface area contributed by atoms with Crippen LogP contribution < -0.4 is 0 Å². The molecule has 1 aromatic heterocycles. The summed E-state index contributed by atoms with van der Waals surface area (Å²) in [5.41, 5.74) is 2.94. The largest absolute Gasteiger partial charge is 0.261 e. The van der Waals surface area contributed by atoms with E-state index in [1.54, 1.807) is 0 Å². The van der Waals surface area contributed by atoms with Gasteiger partial charge in [-0.25, -0.2) is 0 Å². The van der Waals surface area contributed by atoms with E-state index in [9.17, 15) is 0 Å². The number of rotatable bonds is 1. The van der Waals surface area contributed by atoms with E-state index in [1.165, 1.54) is 56.2 Å². The quantitative estimate of drug-likeness (QED) is 0.697. The number of aromatic nitrogens is 1. The first kappa shape index (κ1) is 11.7. The highest BCUT2D eigenvalue weighted by Gasteiger charge is 2.31. The predicted molar refractivity (Wildman–Crippen MR) is 74.6 cm³/mol. The van der Waals surface area contributed by atoms with Crippen molar-refractivity contribution in [1.29, 1.82) is 0 Å². The van der Waals surface area contributed by atoms with E-state index in [-0.39, 0.29) is 0 Å². The van der Waals surface area contributed by atoms with Crippen LogP contribution in [0.2, 0.25) is 0 Å². The zero-order chi connectivity index (χ0) is 11.7. The molecule has 0 bridgehead atoms. The number of fused-ring (bicyclic) bond motifs is 1. The smallest absolute Gasteiger partial charge is 0.0469 e. The van der Waals surface area contributed by atoms with Crippen LogP contribution in [-0.2, 0) is 6.42 Å². The second-order valence-electron chi connectivity index (χ2n) is 5.57. The van der Waals surface area contributed by atoms with Gasteiger partial charge in [0, 0.05) is 22.6 Å². The Bertz CT molecular complexity index is 390. The van der Waals surface area contributed by atoms with Crippen molar-refractivity contribution in [3.8, 4) is 0 Å². The first-order valence-electron chi connectivity index (χ1n) is 6.92. The van der Waals surface area contributed by atoms with E-state index in [1.807, 2.05) is 6.20 Å². The summed E-state index contributed by atoms with van der Waals surface area (Å²) in [6.45, 7) is 0. The maximum atomic E-state index is 4.69. The summed E-state index contributed by atoms with van der Waals surface area (Å²) >= 11 is 3.81. The summed E-state index contributed by atoms with van der Waals surface area (Å²) in [7, 11) is 0. The first-order valence-corrected chi connectivity index (χ1v) is 7.84. The number of aryl methyl sites for hydroxylation is 1. The third-order valence-corrected chi connectivity index (χ3v) is 5.29. The summed E-state index contributed by atoms with van der Waals surface area (Å²) in [4.78, 5) is 5.43. The van der Waals surface area contributed by atoms with Crippen molar-refractivity contribution in [3.05, 3.63) is 29.6 Å². The molecule has 1 aromatic rings. The number of halogens is 1. The van der Waals surface area contributed by atoms with Gasteiger partial charge in [-0.15, -0.1) is 0 Å². The minimum absolute atomic E-state index is 0.736. The molecule has 3 atom stereocenters. The predicted octanol–water partition coefficient (Wildman–Crippen LogP) is 4.46. The van der Waals surface area contributed by atoms with Gasteiger partial charge in [0.1, 0.15) is 0 Å². The molecule has 3 rings (SSSR count). The van der Waals surface area contributed by atoms with Gasteiger partial charge in [-0.05, 0) is 56.1 Å². The Morgan fingerprint density at radius 1 is 1.18 bits per heavy atom. The third kappa shape index (κ3) is 2.42. The van der Waals surface area contributed by atoms with E-state index >= 15 is 0 Å². The zero-order valence-electron chi connectivity index (χ0n) is 10.2. The molecule has 1 nitrogen and oxygen atoms in total. The first-order chi connectivity index (χ1) is 8.34. The maximum Gasteiger partial charge on any atom is 0.0469 e. The van der Waals surface area contributed by atoms with Crippen LogP contribution in [0.15, 0.2) is 18.3 Å². The molecule has 0 saturated heterocycles. The van der Waals surface area contributed by atoms with Gasteiger partial charge in [0.05, 0.1) is 0 Å². The highest BCUT2D eigenvalue weighted by atomic mass is 79.9. The highest BCUT2D eigenvalue weighted by molar-refractivity contribution is 9.09. The standard InChI is InChI=1S/C15H20BrN/c16-13-7-1-5-12(10-13)14-8-2-4-11-6-3-9-17-15(11)14/h3,6,9,12-14H,1-2,4-5,7-8,10H2. The van der Waals surface area contributed by atoms with Gasteiger partial charge in [0.2, 0.25) is 0 Å². The summed E-state index contributed by atoms with van der Waals surface area (Å²) in [5, 5.41) is 0. The van der Waals surface area contributed by atoms with Crippen LogP contribution in [0.1, 0.15) is 55.7 Å². The molecule has 2 aliphatic rings. The topological polar surface area (TPSA) is 12.9 Å². The van der Waals surface area contributed by atoms with Gasteiger partial charge in [0.15, 0.2) is 0 Å². The molecule has 0 amide bonds. The second-order valence-corrected chi connectivity index (χ2v) is 6.87. The normalized spacial score (nSPS) is 33.1. The summed E-state index contributed by atoms with van der Waals surface area (Å²) in [6.07, 6.45) is 11.4. The fourth-order valence-electron chi connectivity index (χ4n) is 3.64. The van der Waals surface area contributed by atoms with Crippen molar-refractivity contribution >= 4 is 15.9 Å². The van der Waals surface area contributed by atoms with E-state index in [4.69, 9.17) is 0 Å². The van der Waals surface area contributed by atoms with Gasteiger partial charge >= 0.3 is 0 Å². The molecule has 1 fully saturated rings. The van der Waals surface area contributed by atoms with Crippen LogP contribution in [0.4, 0.5) is 0 Å². The number of hydrogen-bond donors (Lipinski definition) is 0. The fourth-order valence-corrected chi connectivity index (χ4v) is 4.44. The van der Waals surface area contributed by atoms with Gasteiger partial charge in [-0.2, -0.15) is 0 Å². The summed E-state index contributed by atoms with van der Waals surface area (Å²) in [5.74, 6) is 1.60. The van der Waals surface area contributed by atoms with E-state index in [2.05, 4.69) is 33.0 Å². The molecule has 92 valence electrons. The van der Waals surface area contributed by atoms with Crippen molar-refractivity contribution < 1.29 is 0 Å². The van der Waals surface area contributed by atoms with Gasteiger partial charge < -0.3 is 0 Å². The van der Waals surface area contributed by atoms with Crippen molar-refractivity contribution in [2.45, 2.75) is 55.7 Å². The number of pyridine rings is 1. The van der Waals surface area contributed by atoms with E-state index in [0.29, 0.717) is 0 Å². The molecule has 1 heterocycles. The van der Waals surface area contributed by atoms with Crippen molar-refractivity contribution in [1.82, 2.24) is 4.98 Å². The molecular weight excluding hydrogens is 274 g/mol. The molecular formula is C15H20BrN. The fraction of sp³-hybridized carbons (Fsp3) is 0.667. The molecule has 0 N–H and O–H groups in total. The number of nitrogens with zero attached hydrogens (tertiary/aromatic N) is 1. The molecule has 3 unspecified atom stereocenters. The highest BCUT2D eigenvalue weighted by Crippen LogP contribution is 2.43. The lowest BCUT2D eigenvalue weighted by Gasteiger charge is -2.35. The molecule has 1 saturated carbocycles. The molecule has 0 aliphatic heterocycles. The van der Waals surface area contributed by atoms with Crippen LogP contribution in [0, 0.1) is 5.92 Å². The lowest BCUT2D eigenvalue weighted by atomic mass is 9.72. The average Bonchev–Trinajstić information content (AvgIpc) is 2.38. The molecule has 0 spiro atoms. The van der Waals surface area contributed by atoms with Crippen LogP contribution in [0.3, 0.4) is 0 Å². The van der Waals surface area contributed by atoms with Crippen molar-refractivity contribution in [2.24, 2.45) is 5.92 Å². The van der Waals surface area contributed by atoms with Gasteiger partial charge in [-0.3, -0.25) is 4.98 Å². The van der Waals surface area contributed by atoms with Crippen LogP contribution in [0.5, 0.6) is 0 Å². The van der Waals surface area contributed by atoms with Crippen molar-refractivity contribution in [2.75, 3.05) is 0 Å². The van der Waals surface area contributed by atoms with Gasteiger partial charge in [-0.1, -0.05) is 28.4 Å². The maximum absolute atomic E-state index is 4.69. The lowest BCUT2D eigenvalue weighted by molar-refractivity contribution is 0.286. The Labute approximate surface area is 112 Å². The molecule has 2 heteroatoms. The minimum atomic E-state index is 0.736. The van der Waals surface area contributed by atoms with Crippen molar-refractivity contribution in [3.63, 3.8) is 0 Å². The summed E-state index contributed by atoms with van der Waals surface area (Å²) < 4.78 is 0. The van der Waals surface area contributed by atoms with Crippen LogP contribution in [-0.4, -0.2) is 9.81 Å². The lowest BCUT2D eigenvalue weighted by Crippen LogP contribution is -2.25. The minimum Gasteiger partial charge on any atom is -0.261 e. The Morgan fingerprint density at radius 3 is 3.00 bits per heavy atom. The summed E-state index contributed by atoms with van der Waals surface area (Å²) in [6, 6.07) is 4.37.